The summed E-state index contributed by atoms with van der Waals surface area (Å²) in [7, 11) is 0. The molecule has 32 heavy (non-hydrogen) atoms. The van der Waals surface area contributed by atoms with Crippen LogP contribution in [0.15, 0.2) is 121 Å². The zero-order valence-electron chi connectivity index (χ0n) is 17.5. The molecule has 0 amide bonds. The normalized spacial score (nSPS) is 11.8. The molecule has 0 aliphatic heterocycles. The van der Waals surface area contributed by atoms with Crippen LogP contribution in [0, 0.1) is 0 Å². The van der Waals surface area contributed by atoms with E-state index in [0.717, 1.165) is 0 Å². The second-order valence-corrected chi connectivity index (χ2v) is 8.61. The molecule has 7 aromatic carbocycles. The molecule has 7 rings (SSSR count). The van der Waals surface area contributed by atoms with Crippen LogP contribution in [0.4, 0.5) is 0 Å². The maximum absolute atomic E-state index is 2.35. The van der Waals surface area contributed by atoms with Crippen molar-refractivity contribution in [2.75, 3.05) is 0 Å². The fourth-order valence-electron chi connectivity index (χ4n) is 5.21. The van der Waals surface area contributed by atoms with Gasteiger partial charge in [-0.3, -0.25) is 0 Å². The SMILES string of the molecule is c1ccc2c(c1)ccc1cc3cc(-c4cc5ccccc5c5ccccc45)ccc3cc12. The molecule has 0 aliphatic rings. The number of benzene rings is 7. The minimum Gasteiger partial charge on any atom is -0.0616 e. The first-order valence-corrected chi connectivity index (χ1v) is 11.1. The zero-order valence-corrected chi connectivity index (χ0v) is 17.5. The van der Waals surface area contributed by atoms with E-state index in [0.29, 0.717) is 0 Å². The molecule has 0 unspecified atom stereocenters. The number of hydrogen-bond acceptors (Lipinski definition) is 0. The third kappa shape index (κ3) is 2.57. The molecule has 7 aromatic rings. The van der Waals surface area contributed by atoms with Gasteiger partial charge in [0.05, 0.1) is 0 Å². The zero-order chi connectivity index (χ0) is 21.1. The molecule has 0 heteroatoms. The third-order valence-electron chi connectivity index (χ3n) is 6.78. The van der Waals surface area contributed by atoms with Crippen LogP contribution in [0.1, 0.15) is 0 Å². The molecule has 0 atom stereocenters. The van der Waals surface area contributed by atoms with Gasteiger partial charge < -0.3 is 0 Å². The summed E-state index contributed by atoms with van der Waals surface area (Å²) >= 11 is 0. The summed E-state index contributed by atoms with van der Waals surface area (Å²) in [5.74, 6) is 0. The average Bonchev–Trinajstić information content (AvgIpc) is 2.86. The second-order valence-electron chi connectivity index (χ2n) is 8.61. The van der Waals surface area contributed by atoms with Gasteiger partial charge in [0.1, 0.15) is 0 Å². The lowest BCUT2D eigenvalue weighted by Crippen LogP contribution is -1.85. The van der Waals surface area contributed by atoms with E-state index in [9.17, 15) is 0 Å². The number of fused-ring (bicyclic) bond motifs is 7. The lowest BCUT2D eigenvalue weighted by atomic mass is 9.91. The van der Waals surface area contributed by atoms with Gasteiger partial charge in [0, 0.05) is 0 Å². The molecule has 0 aromatic heterocycles. The summed E-state index contributed by atoms with van der Waals surface area (Å²) in [6, 6.07) is 44.5. The van der Waals surface area contributed by atoms with Crippen LogP contribution >= 0.6 is 0 Å². The highest BCUT2D eigenvalue weighted by molar-refractivity contribution is 6.15. The van der Waals surface area contributed by atoms with Crippen LogP contribution in [0.2, 0.25) is 0 Å². The highest BCUT2D eigenvalue weighted by Gasteiger charge is 2.10. The molecule has 148 valence electrons. The Kier molecular flexibility index (Phi) is 3.65. The quantitative estimate of drug-likeness (QED) is 0.189. The van der Waals surface area contributed by atoms with Crippen molar-refractivity contribution in [2.45, 2.75) is 0 Å². The van der Waals surface area contributed by atoms with E-state index < -0.39 is 0 Å². The van der Waals surface area contributed by atoms with E-state index >= 15 is 0 Å². The average molecular weight is 405 g/mol. The van der Waals surface area contributed by atoms with Crippen LogP contribution in [-0.4, -0.2) is 0 Å². The van der Waals surface area contributed by atoms with Crippen molar-refractivity contribution in [3.05, 3.63) is 121 Å². The predicted octanol–water partition coefficient (Wildman–Crippen LogP) is 9.12. The smallest absolute Gasteiger partial charge is 0.00988 e. The van der Waals surface area contributed by atoms with Gasteiger partial charge in [0.25, 0.3) is 0 Å². The van der Waals surface area contributed by atoms with Crippen molar-refractivity contribution in [1.82, 2.24) is 0 Å². The van der Waals surface area contributed by atoms with Gasteiger partial charge in [-0.25, -0.2) is 0 Å². The molecule has 0 heterocycles. The first kappa shape index (κ1) is 17.5. The van der Waals surface area contributed by atoms with Crippen molar-refractivity contribution in [3.63, 3.8) is 0 Å². The van der Waals surface area contributed by atoms with Crippen LogP contribution < -0.4 is 0 Å². The minimum atomic E-state index is 1.26. The fourth-order valence-corrected chi connectivity index (χ4v) is 5.21. The van der Waals surface area contributed by atoms with Gasteiger partial charge in [-0.1, -0.05) is 97.1 Å². The van der Waals surface area contributed by atoms with Crippen molar-refractivity contribution < 1.29 is 0 Å². The Morgan fingerprint density at radius 3 is 1.72 bits per heavy atom. The van der Waals surface area contributed by atoms with E-state index in [1.54, 1.807) is 0 Å². The highest BCUT2D eigenvalue weighted by atomic mass is 14.1. The molecule has 0 spiro atoms. The Labute approximate surface area is 186 Å². The Bertz CT molecular complexity index is 1820. The van der Waals surface area contributed by atoms with E-state index in [1.807, 2.05) is 0 Å². The molecule has 0 N–H and O–H groups in total. The van der Waals surface area contributed by atoms with Gasteiger partial charge >= 0.3 is 0 Å². The Morgan fingerprint density at radius 1 is 0.281 bits per heavy atom. The van der Waals surface area contributed by atoms with Crippen molar-refractivity contribution in [3.8, 4) is 11.1 Å². The van der Waals surface area contributed by atoms with E-state index in [-0.39, 0.29) is 0 Å². The van der Waals surface area contributed by atoms with Crippen LogP contribution in [0.5, 0.6) is 0 Å². The lowest BCUT2D eigenvalue weighted by molar-refractivity contribution is 1.70. The van der Waals surface area contributed by atoms with Crippen molar-refractivity contribution in [1.29, 1.82) is 0 Å². The van der Waals surface area contributed by atoms with Gasteiger partial charge in [0.15, 0.2) is 0 Å². The standard InChI is InChI=1S/C32H20/c1-3-9-27-21(7-1)13-15-24-17-26-18-25(16-14-22(26)19-31(24)27)32-20-23-8-2-4-10-28(23)29-11-5-6-12-30(29)32/h1-20H. The monoisotopic (exact) mass is 404 g/mol. The van der Waals surface area contributed by atoms with Gasteiger partial charge in [-0.2, -0.15) is 0 Å². The Hall–Kier alpha value is -4.16. The summed E-state index contributed by atoms with van der Waals surface area (Å²) in [6.07, 6.45) is 0. The molecule has 0 aliphatic carbocycles. The molecular weight excluding hydrogens is 384 g/mol. The molecular formula is C32H20. The minimum absolute atomic E-state index is 1.26. The van der Waals surface area contributed by atoms with Gasteiger partial charge in [-0.15, -0.1) is 0 Å². The largest absolute Gasteiger partial charge is 0.0616 e. The van der Waals surface area contributed by atoms with Crippen LogP contribution in [-0.2, 0) is 0 Å². The topological polar surface area (TPSA) is 0 Å². The summed E-state index contributed by atoms with van der Waals surface area (Å²) in [4.78, 5) is 0. The highest BCUT2D eigenvalue weighted by Crippen LogP contribution is 2.37. The van der Waals surface area contributed by atoms with Crippen molar-refractivity contribution in [2.24, 2.45) is 0 Å². The first-order valence-electron chi connectivity index (χ1n) is 11.1. The van der Waals surface area contributed by atoms with E-state index in [2.05, 4.69) is 121 Å². The molecule has 0 radical (unpaired) electrons. The lowest BCUT2D eigenvalue weighted by Gasteiger charge is -2.12. The summed E-state index contributed by atoms with van der Waals surface area (Å²) in [6.45, 7) is 0. The van der Waals surface area contributed by atoms with E-state index in [1.165, 1.54) is 65.0 Å². The molecule has 0 bridgehead atoms. The molecule has 0 nitrogen and oxygen atoms in total. The predicted molar refractivity (Wildman–Crippen MR) is 139 cm³/mol. The van der Waals surface area contributed by atoms with Crippen LogP contribution in [0.25, 0.3) is 65.0 Å². The molecule has 0 fully saturated rings. The maximum Gasteiger partial charge on any atom is -0.00988 e. The van der Waals surface area contributed by atoms with Gasteiger partial charge in [-0.05, 0) is 89.3 Å². The third-order valence-corrected chi connectivity index (χ3v) is 6.78. The molecule has 0 saturated heterocycles. The second kappa shape index (κ2) is 6.67. The summed E-state index contributed by atoms with van der Waals surface area (Å²) in [5.41, 5.74) is 2.56. The first-order chi connectivity index (χ1) is 15.8. The number of rotatable bonds is 1. The van der Waals surface area contributed by atoms with Gasteiger partial charge in [0.2, 0.25) is 0 Å². The maximum atomic E-state index is 2.35. The fraction of sp³-hybridized carbons (Fsp3) is 0. The van der Waals surface area contributed by atoms with Crippen molar-refractivity contribution >= 4 is 53.9 Å². The summed E-state index contributed by atoms with van der Waals surface area (Å²) in [5, 5.41) is 13.0. The Balaban J connectivity index is 1.51. The summed E-state index contributed by atoms with van der Waals surface area (Å²) < 4.78 is 0. The Morgan fingerprint density at radius 2 is 0.875 bits per heavy atom. The number of hydrogen-bond donors (Lipinski definition) is 0. The molecule has 0 saturated carbocycles. The van der Waals surface area contributed by atoms with E-state index in [4.69, 9.17) is 0 Å². The van der Waals surface area contributed by atoms with Crippen LogP contribution in [0.3, 0.4) is 0 Å².